The third kappa shape index (κ3) is 4.14. The van der Waals surface area contributed by atoms with Gasteiger partial charge in [0.2, 0.25) is 5.91 Å². The quantitative estimate of drug-likeness (QED) is 0.750. The number of hydrogen-bond donors (Lipinski definition) is 1. The zero-order chi connectivity index (χ0) is 23.9. The van der Waals surface area contributed by atoms with Gasteiger partial charge in [-0.3, -0.25) is 9.59 Å². The number of ether oxygens (including phenoxy) is 1. The van der Waals surface area contributed by atoms with Crippen molar-refractivity contribution in [1.29, 1.82) is 0 Å². The number of benzene rings is 1. The number of aryl methyl sites for hydroxylation is 1. The van der Waals surface area contributed by atoms with Gasteiger partial charge in [-0.25, -0.2) is 4.79 Å². The summed E-state index contributed by atoms with van der Waals surface area (Å²) in [6, 6.07) is 10.1. The van der Waals surface area contributed by atoms with E-state index in [-0.39, 0.29) is 35.3 Å². The zero-order valence-electron chi connectivity index (χ0n) is 20.1. The molecule has 0 radical (unpaired) electrons. The van der Waals surface area contributed by atoms with E-state index >= 15 is 0 Å². The highest BCUT2D eigenvalue weighted by Gasteiger charge is 2.59. The molecule has 3 fully saturated rings. The van der Waals surface area contributed by atoms with Crippen molar-refractivity contribution in [3.8, 4) is 0 Å². The molecule has 2 aromatic rings. The number of carbonyl (C=O) groups is 3. The average molecular weight is 467 g/mol. The second-order valence-electron chi connectivity index (χ2n) is 10.0. The fraction of sp³-hybridized carbons (Fsp3) is 0.577. The van der Waals surface area contributed by atoms with E-state index in [2.05, 4.69) is 5.32 Å². The number of likely N-dealkylation sites (tertiary alicyclic amines) is 2. The maximum atomic E-state index is 13.2. The molecular weight excluding hydrogens is 432 g/mol. The Morgan fingerprint density at radius 1 is 1.06 bits per heavy atom. The van der Waals surface area contributed by atoms with Crippen molar-refractivity contribution >= 4 is 28.8 Å². The van der Waals surface area contributed by atoms with Gasteiger partial charge in [0.05, 0.1) is 6.61 Å². The molecular formula is C26H34N4O4. The molecule has 1 aromatic heterocycles. The van der Waals surface area contributed by atoms with Crippen LogP contribution in [0.2, 0.25) is 0 Å². The van der Waals surface area contributed by atoms with Crippen LogP contribution in [0, 0.1) is 11.3 Å². The SMILES string of the molecule is CCOC(=O)N1CCC(NC(=O)[C@H]2CC23CCN(C(=O)c2cc4ccccc4n2C)CC3)CC1. The highest BCUT2D eigenvalue weighted by atomic mass is 16.6. The van der Waals surface area contributed by atoms with Crippen LogP contribution < -0.4 is 5.32 Å². The Morgan fingerprint density at radius 3 is 2.44 bits per heavy atom. The maximum Gasteiger partial charge on any atom is 0.409 e. The summed E-state index contributed by atoms with van der Waals surface area (Å²) < 4.78 is 7.04. The summed E-state index contributed by atoms with van der Waals surface area (Å²) in [6.45, 7) is 4.81. The Labute approximate surface area is 200 Å². The van der Waals surface area contributed by atoms with Crippen molar-refractivity contribution in [1.82, 2.24) is 19.7 Å². The summed E-state index contributed by atoms with van der Waals surface area (Å²) in [7, 11) is 1.94. The number of hydrogen-bond acceptors (Lipinski definition) is 4. The van der Waals surface area contributed by atoms with E-state index in [1.807, 2.05) is 46.8 Å². The van der Waals surface area contributed by atoms with Crippen LogP contribution >= 0.6 is 0 Å². The molecule has 2 saturated heterocycles. The maximum absolute atomic E-state index is 13.2. The third-order valence-corrected chi connectivity index (χ3v) is 8.09. The first kappa shape index (κ1) is 22.7. The predicted molar refractivity (Wildman–Crippen MR) is 128 cm³/mol. The number of aromatic nitrogens is 1. The van der Waals surface area contributed by atoms with E-state index < -0.39 is 0 Å². The van der Waals surface area contributed by atoms with Gasteiger partial charge in [0.25, 0.3) is 5.91 Å². The van der Waals surface area contributed by atoms with Crippen molar-refractivity contribution in [3.05, 3.63) is 36.0 Å². The summed E-state index contributed by atoms with van der Waals surface area (Å²) >= 11 is 0. The Bertz CT molecular complexity index is 1090. The first-order chi connectivity index (χ1) is 16.4. The normalized spacial score (nSPS) is 22.1. The van der Waals surface area contributed by atoms with Crippen LogP contribution in [0.1, 0.15) is 49.5 Å². The number of fused-ring (bicyclic) bond motifs is 1. The number of carbonyl (C=O) groups excluding carboxylic acids is 3. The molecule has 0 unspecified atom stereocenters. The Kier molecular flexibility index (Phi) is 6.00. The van der Waals surface area contributed by atoms with Crippen LogP contribution in [-0.2, 0) is 16.6 Å². The van der Waals surface area contributed by atoms with Gasteiger partial charge in [0.1, 0.15) is 5.69 Å². The minimum Gasteiger partial charge on any atom is -0.450 e. The molecule has 0 bridgehead atoms. The molecule has 1 atom stereocenters. The summed E-state index contributed by atoms with van der Waals surface area (Å²) in [5.74, 6) is 0.261. The Hall–Kier alpha value is -3.03. The van der Waals surface area contributed by atoms with E-state index in [1.54, 1.807) is 11.8 Å². The first-order valence-electron chi connectivity index (χ1n) is 12.5. The number of nitrogens with one attached hydrogen (secondary N) is 1. The summed E-state index contributed by atoms with van der Waals surface area (Å²) in [6.07, 6.45) is 3.92. The van der Waals surface area contributed by atoms with E-state index in [4.69, 9.17) is 4.74 Å². The topological polar surface area (TPSA) is 83.9 Å². The summed E-state index contributed by atoms with van der Waals surface area (Å²) in [5.41, 5.74) is 1.83. The molecule has 1 aliphatic carbocycles. The lowest BCUT2D eigenvalue weighted by atomic mass is 9.90. The van der Waals surface area contributed by atoms with Gasteiger partial charge in [-0.05, 0) is 56.6 Å². The van der Waals surface area contributed by atoms with Crippen molar-refractivity contribution in [2.45, 2.75) is 45.1 Å². The lowest BCUT2D eigenvalue weighted by Gasteiger charge is -2.34. The van der Waals surface area contributed by atoms with Crippen molar-refractivity contribution in [2.24, 2.45) is 18.4 Å². The molecule has 8 heteroatoms. The zero-order valence-corrected chi connectivity index (χ0v) is 20.1. The molecule has 5 rings (SSSR count). The fourth-order valence-electron chi connectivity index (χ4n) is 5.81. The van der Waals surface area contributed by atoms with E-state index in [1.165, 1.54) is 0 Å². The molecule has 3 aliphatic rings. The van der Waals surface area contributed by atoms with Crippen LogP contribution in [0.4, 0.5) is 4.79 Å². The molecule has 34 heavy (non-hydrogen) atoms. The largest absolute Gasteiger partial charge is 0.450 e. The number of amides is 3. The molecule has 8 nitrogen and oxygen atoms in total. The summed E-state index contributed by atoms with van der Waals surface area (Å²) in [4.78, 5) is 41.7. The lowest BCUT2D eigenvalue weighted by Crippen LogP contribution is -2.47. The minimum atomic E-state index is -0.266. The number of rotatable bonds is 4. The van der Waals surface area contributed by atoms with Gasteiger partial charge in [0, 0.05) is 56.1 Å². The number of piperidine rings is 2. The van der Waals surface area contributed by atoms with Crippen LogP contribution in [0.25, 0.3) is 10.9 Å². The van der Waals surface area contributed by atoms with Crippen LogP contribution in [-0.4, -0.2) is 71.1 Å². The average Bonchev–Trinajstić information content (AvgIpc) is 3.45. The standard InChI is InChI=1S/C26H34N4O4/c1-3-34-25(33)30-12-8-19(9-13-30)27-23(31)20-17-26(20)10-14-29(15-11-26)24(32)22-16-18-6-4-5-7-21(18)28(22)2/h4-7,16,19-20H,3,8-15,17H2,1-2H3,(H,27,31)/t20-/m1/s1. The lowest BCUT2D eigenvalue weighted by molar-refractivity contribution is -0.124. The van der Waals surface area contributed by atoms with Crippen molar-refractivity contribution < 1.29 is 19.1 Å². The molecule has 2 aliphatic heterocycles. The van der Waals surface area contributed by atoms with Gasteiger partial charge in [-0.15, -0.1) is 0 Å². The highest BCUT2D eigenvalue weighted by Crippen LogP contribution is 2.59. The predicted octanol–water partition coefficient (Wildman–Crippen LogP) is 3.16. The number of para-hydroxylation sites is 1. The Balaban J connectivity index is 1.12. The Morgan fingerprint density at radius 2 is 1.76 bits per heavy atom. The van der Waals surface area contributed by atoms with Crippen molar-refractivity contribution in [2.75, 3.05) is 32.8 Å². The minimum absolute atomic E-state index is 0.0467. The van der Waals surface area contributed by atoms with Gasteiger partial charge in [0.15, 0.2) is 0 Å². The molecule has 1 spiro atoms. The third-order valence-electron chi connectivity index (χ3n) is 8.09. The van der Waals surface area contributed by atoms with Crippen LogP contribution in [0.3, 0.4) is 0 Å². The monoisotopic (exact) mass is 466 g/mol. The van der Waals surface area contributed by atoms with Gasteiger partial charge in [-0.2, -0.15) is 0 Å². The molecule has 1 N–H and O–H groups in total. The molecule has 1 saturated carbocycles. The first-order valence-corrected chi connectivity index (χ1v) is 12.5. The van der Waals surface area contributed by atoms with Gasteiger partial charge >= 0.3 is 6.09 Å². The molecule has 3 heterocycles. The van der Waals surface area contributed by atoms with Gasteiger partial charge < -0.3 is 24.4 Å². The van der Waals surface area contributed by atoms with E-state index in [0.717, 1.165) is 48.7 Å². The molecule has 3 amide bonds. The van der Waals surface area contributed by atoms with Crippen molar-refractivity contribution in [3.63, 3.8) is 0 Å². The molecule has 182 valence electrons. The smallest absolute Gasteiger partial charge is 0.409 e. The van der Waals surface area contributed by atoms with Crippen LogP contribution in [0.5, 0.6) is 0 Å². The highest BCUT2D eigenvalue weighted by molar-refractivity contribution is 5.98. The second kappa shape index (κ2) is 8.96. The molecule has 1 aromatic carbocycles. The van der Waals surface area contributed by atoms with E-state index in [0.29, 0.717) is 32.8 Å². The number of nitrogens with zero attached hydrogens (tertiary/aromatic N) is 3. The van der Waals surface area contributed by atoms with Gasteiger partial charge in [-0.1, -0.05) is 18.2 Å². The fourth-order valence-corrected chi connectivity index (χ4v) is 5.81. The van der Waals surface area contributed by atoms with E-state index in [9.17, 15) is 14.4 Å². The van der Waals surface area contributed by atoms with Crippen LogP contribution in [0.15, 0.2) is 30.3 Å². The second-order valence-corrected chi connectivity index (χ2v) is 10.0. The summed E-state index contributed by atoms with van der Waals surface area (Å²) in [5, 5.41) is 4.30.